The van der Waals surface area contributed by atoms with Crippen LogP contribution in [0, 0.1) is 0 Å². The molecule has 4 rings (SSSR count). The molecule has 0 aliphatic carbocycles. The Morgan fingerprint density at radius 1 is 1.23 bits per heavy atom. The molecular formula is C14H16N6O2. The number of hydrogen-bond acceptors (Lipinski definition) is 5. The van der Waals surface area contributed by atoms with Gasteiger partial charge in [-0.15, -0.1) is 0 Å². The third-order valence-corrected chi connectivity index (χ3v) is 4.61. The SMILES string of the molecule is CN1C(=O)NC2(CCN(c3ncnc4[nH]ccc34)CC2)C1=O. The maximum absolute atomic E-state index is 12.3. The maximum atomic E-state index is 12.3. The van der Waals surface area contributed by atoms with Crippen LogP contribution in [0.4, 0.5) is 10.6 Å². The molecule has 2 aromatic heterocycles. The number of carbonyl (C=O) groups is 2. The quantitative estimate of drug-likeness (QED) is 0.747. The predicted octanol–water partition coefficient (Wildman–Crippen LogP) is 0.478. The number of carbonyl (C=O) groups excluding carboxylic acids is 2. The highest BCUT2D eigenvalue weighted by atomic mass is 16.2. The molecular weight excluding hydrogens is 284 g/mol. The van der Waals surface area contributed by atoms with E-state index in [4.69, 9.17) is 0 Å². The van der Waals surface area contributed by atoms with Crippen LogP contribution in [-0.2, 0) is 4.79 Å². The van der Waals surface area contributed by atoms with Crippen molar-refractivity contribution < 1.29 is 9.59 Å². The molecule has 1 spiro atoms. The number of likely N-dealkylation sites (N-methyl/N-ethyl adjacent to an activating group) is 1. The average Bonchev–Trinajstić information content (AvgIpc) is 3.09. The van der Waals surface area contributed by atoms with Crippen LogP contribution in [0.25, 0.3) is 11.0 Å². The van der Waals surface area contributed by atoms with Crippen molar-refractivity contribution in [3.8, 4) is 0 Å². The number of urea groups is 1. The van der Waals surface area contributed by atoms with E-state index in [0.717, 1.165) is 16.9 Å². The van der Waals surface area contributed by atoms with Crippen molar-refractivity contribution in [2.24, 2.45) is 0 Å². The summed E-state index contributed by atoms with van der Waals surface area (Å²) >= 11 is 0. The second-order valence-electron chi connectivity index (χ2n) is 5.80. The van der Waals surface area contributed by atoms with Gasteiger partial charge in [0.25, 0.3) is 5.91 Å². The van der Waals surface area contributed by atoms with Crippen LogP contribution in [0.3, 0.4) is 0 Å². The number of rotatable bonds is 1. The van der Waals surface area contributed by atoms with Gasteiger partial charge in [-0.2, -0.15) is 0 Å². The van der Waals surface area contributed by atoms with E-state index in [0.29, 0.717) is 25.9 Å². The van der Waals surface area contributed by atoms with Crippen molar-refractivity contribution in [3.05, 3.63) is 18.6 Å². The second-order valence-corrected chi connectivity index (χ2v) is 5.80. The van der Waals surface area contributed by atoms with Crippen LogP contribution < -0.4 is 10.2 Å². The van der Waals surface area contributed by atoms with E-state index < -0.39 is 5.54 Å². The van der Waals surface area contributed by atoms with Gasteiger partial charge in [-0.1, -0.05) is 0 Å². The molecule has 2 aromatic rings. The topological polar surface area (TPSA) is 94.2 Å². The second kappa shape index (κ2) is 4.43. The van der Waals surface area contributed by atoms with Gasteiger partial charge in [0.05, 0.1) is 5.39 Å². The van der Waals surface area contributed by atoms with Gasteiger partial charge in [0.2, 0.25) is 0 Å². The number of fused-ring (bicyclic) bond motifs is 1. The first-order chi connectivity index (χ1) is 10.6. The highest BCUT2D eigenvalue weighted by Gasteiger charge is 2.51. The van der Waals surface area contributed by atoms with Crippen LogP contribution in [0.1, 0.15) is 12.8 Å². The molecule has 8 nitrogen and oxygen atoms in total. The van der Waals surface area contributed by atoms with Gasteiger partial charge < -0.3 is 15.2 Å². The minimum atomic E-state index is -0.743. The molecule has 0 atom stereocenters. The molecule has 4 heterocycles. The lowest BCUT2D eigenvalue weighted by Gasteiger charge is -2.37. The first-order valence-electron chi connectivity index (χ1n) is 7.24. The molecule has 0 bridgehead atoms. The molecule has 2 aliphatic rings. The standard InChI is InChI=1S/C14H16N6O2/c1-19-12(21)14(18-13(19)22)3-6-20(7-4-14)11-9-2-5-15-10(9)16-8-17-11/h2,5,8H,3-4,6-7H2,1H3,(H,18,22)(H,15,16,17). The molecule has 0 unspecified atom stereocenters. The number of nitrogens with zero attached hydrogens (tertiary/aromatic N) is 4. The molecule has 0 saturated carbocycles. The predicted molar refractivity (Wildman–Crippen MR) is 79.4 cm³/mol. The molecule has 8 heteroatoms. The van der Waals surface area contributed by atoms with E-state index in [1.54, 1.807) is 0 Å². The van der Waals surface area contributed by atoms with Crippen LogP contribution in [-0.4, -0.2) is 57.5 Å². The van der Waals surface area contributed by atoms with E-state index in [1.807, 2.05) is 12.3 Å². The lowest BCUT2D eigenvalue weighted by molar-refractivity contribution is -0.131. The monoisotopic (exact) mass is 300 g/mol. The minimum Gasteiger partial charge on any atom is -0.356 e. The van der Waals surface area contributed by atoms with Crippen LogP contribution >= 0.6 is 0 Å². The number of anilines is 1. The van der Waals surface area contributed by atoms with E-state index in [9.17, 15) is 9.59 Å². The Morgan fingerprint density at radius 2 is 2.00 bits per heavy atom. The number of imide groups is 1. The number of piperidine rings is 1. The van der Waals surface area contributed by atoms with E-state index in [1.165, 1.54) is 18.3 Å². The number of aromatic nitrogens is 3. The fourth-order valence-corrected chi connectivity index (χ4v) is 3.31. The molecule has 2 N–H and O–H groups in total. The van der Waals surface area contributed by atoms with Crippen LogP contribution in [0.5, 0.6) is 0 Å². The summed E-state index contributed by atoms with van der Waals surface area (Å²) in [6.45, 7) is 1.33. The molecule has 0 aromatic carbocycles. The summed E-state index contributed by atoms with van der Waals surface area (Å²) in [7, 11) is 1.52. The molecule has 2 aliphatic heterocycles. The average molecular weight is 300 g/mol. The van der Waals surface area contributed by atoms with Crippen molar-refractivity contribution >= 4 is 28.8 Å². The number of H-pyrrole nitrogens is 1. The fraction of sp³-hybridized carbons (Fsp3) is 0.429. The molecule has 2 fully saturated rings. The Balaban J connectivity index is 1.59. The Kier molecular flexibility index (Phi) is 2.63. The maximum Gasteiger partial charge on any atom is 0.324 e. The van der Waals surface area contributed by atoms with Crippen LogP contribution in [0.2, 0.25) is 0 Å². The van der Waals surface area contributed by atoms with E-state index in [2.05, 4.69) is 25.2 Å². The summed E-state index contributed by atoms with van der Waals surface area (Å²) in [5, 5.41) is 3.81. The number of aromatic amines is 1. The Hall–Kier alpha value is -2.64. The highest BCUT2D eigenvalue weighted by molar-refractivity contribution is 6.07. The summed E-state index contributed by atoms with van der Waals surface area (Å²) in [5.41, 5.74) is 0.0577. The van der Waals surface area contributed by atoms with Crippen molar-refractivity contribution in [2.45, 2.75) is 18.4 Å². The lowest BCUT2D eigenvalue weighted by atomic mass is 9.87. The zero-order valence-electron chi connectivity index (χ0n) is 12.2. The summed E-state index contributed by atoms with van der Waals surface area (Å²) in [4.78, 5) is 39.0. The summed E-state index contributed by atoms with van der Waals surface area (Å²) in [6, 6.07) is 1.64. The van der Waals surface area contributed by atoms with Crippen molar-refractivity contribution in [3.63, 3.8) is 0 Å². The van der Waals surface area contributed by atoms with Gasteiger partial charge in [0.15, 0.2) is 0 Å². The smallest absolute Gasteiger partial charge is 0.324 e. The normalized spacial score (nSPS) is 21.0. The first-order valence-corrected chi connectivity index (χ1v) is 7.24. The van der Waals surface area contributed by atoms with Gasteiger partial charge in [-0.05, 0) is 18.9 Å². The Bertz CT molecular complexity index is 762. The first kappa shape index (κ1) is 13.1. The highest BCUT2D eigenvalue weighted by Crippen LogP contribution is 2.32. The molecule has 114 valence electrons. The van der Waals surface area contributed by atoms with Gasteiger partial charge in [0, 0.05) is 26.3 Å². The zero-order chi connectivity index (χ0) is 15.3. The number of amides is 3. The Morgan fingerprint density at radius 3 is 2.68 bits per heavy atom. The van der Waals surface area contributed by atoms with Gasteiger partial charge >= 0.3 is 6.03 Å². The minimum absolute atomic E-state index is 0.133. The lowest BCUT2D eigenvalue weighted by Crippen LogP contribution is -2.55. The summed E-state index contributed by atoms with van der Waals surface area (Å²) < 4.78 is 0. The molecule has 3 amide bonds. The third kappa shape index (κ3) is 1.69. The molecule has 2 saturated heterocycles. The third-order valence-electron chi connectivity index (χ3n) is 4.61. The summed E-state index contributed by atoms with van der Waals surface area (Å²) in [6.07, 6.45) is 4.54. The number of hydrogen-bond donors (Lipinski definition) is 2. The molecule has 22 heavy (non-hydrogen) atoms. The van der Waals surface area contributed by atoms with Crippen LogP contribution in [0.15, 0.2) is 18.6 Å². The largest absolute Gasteiger partial charge is 0.356 e. The fourth-order valence-electron chi connectivity index (χ4n) is 3.31. The summed E-state index contributed by atoms with van der Waals surface area (Å²) in [5.74, 6) is 0.734. The van der Waals surface area contributed by atoms with Crippen molar-refractivity contribution in [1.29, 1.82) is 0 Å². The van der Waals surface area contributed by atoms with E-state index >= 15 is 0 Å². The number of nitrogens with one attached hydrogen (secondary N) is 2. The molecule has 0 radical (unpaired) electrons. The van der Waals surface area contributed by atoms with Gasteiger partial charge in [-0.25, -0.2) is 14.8 Å². The van der Waals surface area contributed by atoms with E-state index in [-0.39, 0.29) is 11.9 Å². The van der Waals surface area contributed by atoms with Crippen molar-refractivity contribution in [2.75, 3.05) is 25.0 Å². The van der Waals surface area contributed by atoms with Gasteiger partial charge in [-0.3, -0.25) is 9.69 Å². The van der Waals surface area contributed by atoms with Crippen molar-refractivity contribution in [1.82, 2.24) is 25.2 Å². The zero-order valence-corrected chi connectivity index (χ0v) is 12.2. The van der Waals surface area contributed by atoms with Gasteiger partial charge in [0.1, 0.15) is 23.3 Å². The Labute approximate surface area is 126 Å².